The average molecular weight is 401 g/mol. The second-order valence-corrected chi connectivity index (χ2v) is 6.09. The van der Waals surface area contributed by atoms with Gasteiger partial charge in [0.05, 0.1) is 14.2 Å². The van der Waals surface area contributed by atoms with Gasteiger partial charge in [0, 0.05) is 15.7 Å². The summed E-state index contributed by atoms with van der Waals surface area (Å²) in [5.74, 6) is 0.458. The zero-order chi connectivity index (χ0) is 18.4. The number of nitrogens with zero attached hydrogens (tertiary/aromatic N) is 1. The minimum absolute atomic E-state index is 0.0401. The van der Waals surface area contributed by atoms with Crippen LogP contribution in [0.4, 0.5) is 5.69 Å². The summed E-state index contributed by atoms with van der Waals surface area (Å²) in [6.07, 6.45) is 1.47. The second kappa shape index (κ2) is 8.36. The molecule has 0 heterocycles. The summed E-state index contributed by atoms with van der Waals surface area (Å²) in [5.41, 5.74) is 2.09. The van der Waals surface area contributed by atoms with Gasteiger partial charge < -0.3 is 14.8 Å². The van der Waals surface area contributed by atoms with Gasteiger partial charge in [0.15, 0.2) is 11.5 Å². The number of ether oxygens (including phenoxy) is 2. The predicted molar refractivity (Wildman–Crippen MR) is 101 cm³/mol. The van der Waals surface area contributed by atoms with Gasteiger partial charge in [-0.1, -0.05) is 34.1 Å². The molecule has 6 heteroatoms. The lowest BCUT2D eigenvalue weighted by atomic mass is 10.1. The van der Waals surface area contributed by atoms with E-state index >= 15 is 0 Å². The number of amides is 1. The predicted octanol–water partition coefficient (Wildman–Crippen LogP) is 4.32. The summed E-state index contributed by atoms with van der Waals surface area (Å²) in [6, 6.07) is 12.8. The van der Waals surface area contributed by atoms with E-state index in [9.17, 15) is 10.1 Å². The van der Waals surface area contributed by atoms with Crippen LogP contribution in [0, 0.1) is 18.3 Å². The number of carbonyl (C=O) groups excluding carboxylic acids is 1. The minimum Gasteiger partial charge on any atom is -0.493 e. The van der Waals surface area contributed by atoms with E-state index in [0.29, 0.717) is 22.7 Å². The number of benzene rings is 2. The maximum atomic E-state index is 12.5. The van der Waals surface area contributed by atoms with Crippen LogP contribution in [0.3, 0.4) is 0 Å². The molecule has 0 unspecified atom stereocenters. The Morgan fingerprint density at radius 2 is 1.96 bits per heavy atom. The number of nitrogens with one attached hydrogen (secondary N) is 1. The van der Waals surface area contributed by atoms with E-state index in [0.717, 1.165) is 10.0 Å². The van der Waals surface area contributed by atoms with Gasteiger partial charge >= 0.3 is 0 Å². The molecule has 25 heavy (non-hydrogen) atoms. The number of halogens is 1. The van der Waals surface area contributed by atoms with Crippen LogP contribution in [0.25, 0.3) is 6.08 Å². The molecule has 0 aromatic heterocycles. The Morgan fingerprint density at radius 3 is 2.56 bits per heavy atom. The molecule has 0 saturated heterocycles. The number of nitriles is 1. The number of carbonyl (C=O) groups is 1. The van der Waals surface area contributed by atoms with Crippen LogP contribution in [-0.4, -0.2) is 20.1 Å². The van der Waals surface area contributed by atoms with Crippen molar-refractivity contribution in [2.75, 3.05) is 19.5 Å². The smallest absolute Gasteiger partial charge is 0.266 e. The first-order valence-corrected chi connectivity index (χ1v) is 8.19. The molecule has 1 amide bonds. The molecule has 1 N–H and O–H groups in total. The molecule has 0 radical (unpaired) electrons. The molecule has 2 rings (SSSR count). The van der Waals surface area contributed by atoms with E-state index in [1.165, 1.54) is 20.3 Å². The van der Waals surface area contributed by atoms with Crippen molar-refractivity contribution >= 4 is 33.6 Å². The Bertz CT molecular complexity index is 869. The van der Waals surface area contributed by atoms with Gasteiger partial charge in [-0.25, -0.2) is 0 Å². The van der Waals surface area contributed by atoms with Crippen molar-refractivity contribution in [2.45, 2.75) is 6.92 Å². The van der Waals surface area contributed by atoms with Gasteiger partial charge in [-0.2, -0.15) is 5.26 Å². The van der Waals surface area contributed by atoms with E-state index in [1.807, 2.05) is 31.2 Å². The highest BCUT2D eigenvalue weighted by Crippen LogP contribution is 2.35. The number of aryl methyl sites for hydroxylation is 1. The van der Waals surface area contributed by atoms with Crippen molar-refractivity contribution in [1.29, 1.82) is 5.26 Å². The zero-order valence-electron chi connectivity index (χ0n) is 14.1. The molecule has 0 fully saturated rings. The second-order valence-electron chi connectivity index (χ2n) is 5.17. The van der Waals surface area contributed by atoms with Gasteiger partial charge in [0.25, 0.3) is 5.91 Å². The van der Waals surface area contributed by atoms with Gasteiger partial charge in [-0.3, -0.25) is 4.79 Å². The molecule has 0 bridgehead atoms. The van der Waals surface area contributed by atoms with Crippen molar-refractivity contribution in [3.8, 4) is 17.6 Å². The van der Waals surface area contributed by atoms with Crippen LogP contribution in [-0.2, 0) is 4.79 Å². The summed E-state index contributed by atoms with van der Waals surface area (Å²) in [4.78, 5) is 12.5. The van der Waals surface area contributed by atoms with E-state index in [1.54, 1.807) is 18.2 Å². The Balaban J connectivity index is 2.41. The van der Waals surface area contributed by atoms with Crippen LogP contribution in [0.2, 0.25) is 0 Å². The third-order valence-electron chi connectivity index (χ3n) is 3.53. The van der Waals surface area contributed by atoms with Crippen molar-refractivity contribution in [3.05, 3.63) is 57.6 Å². The first kappa shape index (κ1) is 18.6. The van der Waals surface area contributed by atoms with Gasteiger partial charge in [-0.15, -0.1) is 0 Å². The summed E-state index contributed by atoms with van der Waals surface area (Å²) in [5, 5.41) is 12.2. The van der Waals surface area contributed by atoms with Crippen molar-refractivity contribution in [2.24, 2.45) is 0 Å². The third-order valence-corrected chi connectivity index (χ3v) is 3.99. The van der Waals surface area contributed by atoms with E-state index in [-0.39, 0.29) is 5.57 Å². The third kappa shape index (κ3) is 4.40. The number of hydrogen-bond acceptors (Lipinski definition) is 4. The Kier molecular flexibility index (Phi) is 6.20. The molecule has 5 nitrogen and oxygen atoms in total. The standard InChI is InChI=1S/C19H17BrN2O3/c1-12-6-4-5-7-16(12)22-19(23)14(11-21)8-13-9-15(20)10-17(24-2)18(13)25-3/h4-10H,1-3H3,(H,22,23)/b14-8-. The minimum atomic E-state index is -0.488. The van der Waals surface area contributed by atoms with Crippen molar-refractivity contribution in [3.63, 3.8) is 0 Å². The lowest BCUT2D eigenvalue weighted by molar-refractivity contribution is -0.112. The maximum Gasteiger partial charge on any atom is 0.266 e. The number of methoxy groups -OCH3 is 2. The first-order valence-electron chi connectivity index (χ1n) is 7.40. The highest BCUT2D eigenvalue weighted by atomic mass is 79.9. The van der Waals surface area contributed by atoms with Crippen LogP contribution >= 0.6 is 15.9 Å². The molecule has 0 saturated carbocycles. The van der Waals surface area contributed by atoms with Crippen LogP contribution in [0.15, 0.2) is 46.4 Å². The number of hydrogen-bond donors (Lipinski definition) is 1. The topological polar surface area (TPSA) is 71.3 Å². The quantitative estimate of drug-likeness (QED) is 0.599. The fourth-order valence-electron chi connectivity index (χ4n) is 2.27. The summed E-state index contributed by atoms with van der Waals surface area (Å²) in [6.45, 7) is 1.88. The van der Waals surface area contributed by atoms with Gasteiger partial charge in [-0.05, 0) is 36.8 Å². The molecule has 0 atom stereocenters. The van der Waals surface area contributed by atoms with Crippen molar-refractivity contribution in [1.82, 2.24) is 0 Å². The molecule has 2 aromatic rings. The molecular weight excluding hydrogens is 384 g/mol. The summed E-state index contributed by atoms with van der Waals surface area (Å²) in [7, 11) is 3.02. The Morgan fingerprint density at radius 1 is 1.24 bits per heavy atom. The maximum absolute atomic E-state index is 12.5. The Hall–Kier alpha value is -2.78. The highest BCUT2D eigenvalue weighted by Gasteiger charge is 2.15. The van der Waals surface area contributed by atoms with E-state index in [4.69, 9.17) is 9.47 Å². The van der Waals surface area contributed by atoms with Gasteiger partial charge in [0.2, 0.25) is 0 Å². The fourth-order valence-corrected chi connectivity index (χ4v) is 2.73. The monoisotopic (exact) mass is 400 g/mol. The molecule has 0 aliphatic carbocycles. The van der Waals surface area contributed by atoms with Crippen LogP contribution in [0.5, 0.6) is 11.5 Å². The summed E-state index contributed by atoms with van der Waals surface area (Å²) >= 11 is 3.38. The SMILES string of the molecule is COc1cc(Br)cc(/C=C(/C#N)C(=O)Nc2ccccc2C)c1OC. The van der Waals surface area contributed by atoms with Gasteiger partial charge in [0.1, 0.15) is 11.6 Å². The lowest BCUT2D eigenvalue weighted by Gasteiger charge is -2.12. The van der Waals surface area contributed by atoms with E-state index < -0.39 is 5.91 Å². The van der Waals surface area contributed by atoms with Crippen LogP contribution in [0.1, 0.15) is 11.1 Å². The number of rotatable bonds is 5. The largest absolute Gasteiger partial charge is 0.493 e. The normalized spacial score (nSPS) is 10.8. The number of anilines is 1. The molecule has 0 aliphatic rings. The Labute approximate surface area is 155 Å². The average Bonchev–Trinajstić information content (AvgIpc) is 2.60. The molecular formula is C19H17BrN2O3. The van der Waals surface area contributed by atoms with E-state index in [2.05, 4.69) is 21.2 Å². The first-order chi connectivity index (χ1) is 12.0. The zero-order valence-corrected chi connectivity index (χ0v) is 15.7. The lowest BCUT2D eigenvalue weighted by Crippen LogP contribution is -2.14. The molecule has 0 aliphatic heterocycles. The fraction of sp³-hybridized carbons (Fsp3) is 0.158. The van der Waals surface area contributed by atoms with Crippen molar-refractivity contribution < 1.29 is 14.3 Å². The molecule has 0 spiro atoms. The summed E-state index contributed by atoms with van der Waals surface area (Å²) < 4.78 is 11.4. The van der Waals surface area contributed by atoms with Crippen LogP contribution < -0.4 is 14.8 Å². The molecule has 2 aromatic carbocycles. The molecule has 128 valence electrons. The highest BCUT2D eigenvalue weighted by molar-refractivity contribution is 9.10. The number of para-hydroxylation sites is 1.